The van der Waals surface area contributed by atoms with Gasteiger partial charge in [0.15, 0.2) is 0 Å². The summed E-state index contributed by atoms with van der Waals surface area (Å²) in [6.45, 7) is 4.70. The van der Waals surface area contributed by atoms with Crippen molar-refractivity contribution in [1.82, 2.24) is 0 Å². The van der Waals surface area contributed by atoms with Crippen molar-refractivity contribution in [1.29, 1.82) is 0 Å². The van der Waals surface area contributed by atoms with E-state index in [0.29, 0.717) is 0 Å². The SMILES string of the molecule is COC(=O)C(C)(C)[CH]N. The Bertz CT molecular complexity index is 110. The molecule has 0 saturated carbocycles. The predicted octanol–water partition coefficient (Wildman–Crippen LogP) is 0.306. The summed E-state index contributed by atoms with van der Waals surface area (Å²) in [6.07, 6.45) is 0. The van der Waals surface area contributed by atoms with E-state index in [1.54, 1.807) is 13.8 Å². The molecule has 0 heterocycles. The molecule has 0 unspecified atom stereocenters. The average Bonchev–Trinajstić information content (AvgIpc) is 1.86. The average molecular weight is 130 g/mol. The van der Waals surface area contributed by atoms with Crippen molar-refractivity contribution in [3.8, 4) is 0 Å². The maximum Gasteiger partial charge on any atom is 0.312 e. The van der Waals surface area contributed by atoms with Crippen LogP contribution in [0.2, 0.25) is 0 Å². The number of carbonyl (C=O) groups excluding carboxylic acids is 1. The predicted molar refractivity (Wildman–Crippen MR) is 34.3 cm³/mol. The first-order chi connectivity index (χ1) is 4.04. The van der Waals surface area contributed by atoms with Crippen molar-refractivity contribution in [2.45, 2.75) is 13.8 Å². The molecule has 0 atom stereocenters. The molecule has 9 heavy (non-hydrogen) atoms. The van der Waals surface area contributed by atoms with Gasteiger partial charge in [-0.1, -0.05) is 0 Å². The van der Waals surface area contributed by atoms with Crippen LogP contribution in [0.4, 0.5) is 0 Å². The van der Waals surface area contributed by atoms with E-state index in [9.17, 15) is 4.79 Å². The molecule has 0 fully saturated rings. The molecule has 3 nitrogen and oxygen atoms in total. The van der Waals surface area contributed by atoms with E-state index >= 15 is 0 Å². The summed E-state index contributed by atoms with van der Waals surface area (Å²) in [5.74, 6) is -0.315. The van der Waals surface area contributed by atoms with Gasteiger partial charge in [-0.15, -0.1) is 0 Å². The molecule has 0 saturated heterocycles. The molecule has 0 aliphatic rings. The topological polar surface area (TPSA) is 52.3 Å². The molecular formula is C6H12NO2. The van der Waals surface area contributed by atoms with Crippen LogP contribution in [0.25, 0.3) is 0 Å². The number of hydrogen-bond acceptors (Lipinski definition) is 3. The highest BCUT2D eigenvalue weighted by atomic mass is 16.5. The van der Waals surface area contributed by atoms with Gasteiger partial charge in [0.05, 0.1) is 12.5 Å². The largest absolute Gasteiger partial charge is 0.469 e. The zero-order valence-corrected chi connectivity index (χ0v) is 5.97. The van der Waals surface area contributed by atoms with Gasteiger partial charge in [0.1, 0.15) is 0 Å². The summed E-state index contributed by atoms with van der Waals surface area (Å²) < 4.78 is 4.46. The number of carbonyl (C=O) groups is 1. The van der Waals surface area contributed by atoms with Crippen molar-refractivity contribution >= 4 is 5.97 Å². The third kappa shape index (κ3) is 2.01. The molecule has 3 heteroatoms. The van der Waals surface area contributed by atoms with Crippen LogP contribution < -0.4 is 5.73 Å². The number of esters is 1. The quantitative estimate of drug-likeness (QED) is 0.547. The smallest absolute Gasteiger partial charge is 0.312 e. The highest BCUT2D eigenvalue weighted by molar-refractivity contribution is 5.77. The first kappa shape index (κ1) is 8.43. The van der Waals surface area contributed by atoms with E-state index in [-0.39, 0.29) is 5.97 Å². The maximum atomic E-state index is 10.7. The van der Waals surface area contributed by atoms with Crippen molar-refractivity contribution in [2.24, 2.45) is 11.1 Å². The fraction of sp³-hybridized carbons (Fsp3) is 0.667. The molecule has 0 aromatic rings. The lowest BCUT2D eigenvalue weighted by molar-refractivity contribution is -0.148. The lowest BCUT2D eigenvalue weighted by Crippen LogP contribution is -2.29. The van der Waals surface area contributed by atoms with Gasteiger partial charge < -0.3 is 10.5 Å². The van der Waals surface area contributed by atoms with Crippen molar-refractivity contribution in [2.75, 3.05) is 7.11 Å². The summed E-state index contributed by atoms with van der Waals surface area (Å²) >= 11 is 0. The van der Waals surface area contributed by atoms with Crippen LogP contribution in [0.5, 0.6) is 0 Å². The van der Waals surface area contributed by atoms with Gasteiger partial charge in [-0.2, -0.15) is 0 Å². The van der Waals surface area contributed by atoms with Gasteiger partial charge in [-0.05, 0) is 13.8 Å². The standard InChI is InChI=1S/C6H12NO2/c1-6(2,4-7)5(8)9-3/h4H,7H2,1-3H3. The minimum atomic E-state index is -0.658. The Morgan fingerprint density at radius 3 is 2.22 bits per heavy atom. The van der Waals surface area contributed by atoms with Crippen molar-refractivity contribution < 1.29 is 9.53 Å². The highest BCUT2D eigenvalue weighted by Crippen LogP contribution is 2.16. The number of nitrogens with two attached hydrogens (primary N) is 1. The molecule has 0 aromatic heterocycles. The van der Waals surface area contributed by atoms with E-state index in [0.717, 1.165) is 0 Å². The molecule has 2 N–H and O–H groups in total. The van der Waals surface area contributed by atoms with Gasteiger partial charge in [-0.25, -0.2) is 0 Å². The zero-order chi connectivity index (χ0) is 7.49. The Morgan fingerprint density at radius 2 is 2.11 bits per heavy atom. The second-order valence-electron chi connectivity index (χ2n) is 2.38. The molecule has 0 aliphatic carbocycles. The summed E-state index contributed by atoms with van der Waals surface area (Å²) in [5.41, 5.74) is 4.50. The van der Waals surface area contributed by atoms with Crippen LogP contribution in [-0.4, -0.2) is 13.1 Å². The van der Waals surface area contributed by atoms with Crippen molar-refractivity contribution in [3.05, 3.63) is 6.54 Å². The second kappa shape index (κ2) is 2.82. The van der Waals surface area contributed by atoms with Crippen LogP contribution >= 0.6 is 0 Å². The molecule has 0 aliphatic heterocycles. The molecule has 53 valence electrons. The molecule has 0 amide bonds. The van der Waals surface area contributed by atoms with E-state index in [4.69, 9.17) is 5.73 Å². The van der Waals surface area contributed by atoms with Crippen molar-refractivity contribution in [3.63, 3.8) is 0 Å². The Hall–Kier alpha value is -0.570. The number of rotatable bonds is 2. The first-order valence-corrected chi connectivity index (χ1v) is 2.69. The van der Waals surface area contributed by atoms with Gasteiger partial charge in [0.2, 0.25) is 0 Å². The molecule has 0 bridgehead atoms. The normalized spacial score (nSPS) is 11.1. The van der Waals surface area contributed by atoms with E-state index in [1.165, 1.54) is 13.7 Å². The van der Waals surface area contributed by atoms with Gasteiger partial charge in [0.25, 0.3) is 0 Å². The summed E-state index contributed by atoms with van der Waals surface area (Å²) in [6, 6.07) is 0. The highest BCUT2D eigenvalue weighted by Gasteiger charge is 2.26. The lowest BCUT2D eigenvalue weighted by atomic mass is 9.94. The molecule has 1 radical (unpaired) electrons. The molecule has 0 rings (SSSR count). The minimum Gasteiger partial charge on any atom is -0.469 e. The van der Waals surface area contributed by atoms with Gasteiger partial charge >= 0.3 is 5.97 Å². The summed E-state index contributed by atoms with van der Waals surface area (Å²) in [4.78, 5) is 10.7. The Morgan fingerprint density at radius 1 is 1.67 bits per heavy atom. The first-order valence-electron chi connectivity index (χ1n) is 2.69. The summed E-state index contributed by atoms with van der Waals surface area (Å²) in [7, 11) is 1.34. The van der Waals surface area contributed by atoms with Crippen LogP contribution in [0.15, 0.2) is 0 Å². The van der Waals surface area contributed by atoms with E-state index < -0.39 is 5.41 Å². The van der Waals surface area contributed by atoms with Gasteiger partial charge in [0, 0.05) is 6.54 Å². The summed E-state index contributed by atoms with van der Waals surface area (Å²) in [5, 5.41) is 0. The van der Waals surface area contributed by atoms with E-state index in [2.05, 4.69) is 4.74 Å². The lowest BCUT2D eigenvalue weighted by Gasteiger charge is -2.17. The number of methoxy groups -OCH3 is 1. The number of hydrogen-bond donors (Lipinski definition) is 1. The fourth-order valence-electron chi connectivity index (χ4n) is 0.331. The maximum absolute atomic E-state index is 10.7. The number of ether oxygens (including phenoxy) is 1. The molecule has 0 spiro atoms. The van der Waals surface area contributed by atoms with Crippen LogP contribution in [0.1, 0.15) is 13.8 Å². The van der Waals surface area contributed by atoms with Crippen LogP contribution in [-0.2, 0) is 9.53 Å². The Kier molecular flexibility index (Phi) is 2.65. The second-order valence-corrected chi connectivity index (χ2v) is 2.38. The monoisotopic (exact) mass is 130 g/mol. The third-order valence-electron chi connectivity index (χ3n) is 1.13. The third-order valence-corrected chi connectivity index (χ3v) is 1.13. The van der Waals surface area contributed by atoms with E-state index in [1.807, 2.05) is 0 Å². The zero-order valence-electron chi connectivity index (χ0n) is 5.97. The fourth-order valence-corrected chi connectivity index (χ4v) is 0.331. The Labute approximate surface area is 55.2 Å². The Balaban J connectivity index is 3.97. The molecule has 0 aromatic carbocycles. The molecular weight excluding hydrogens is 118 g/mol. The minimum absolute atomic E-state index is 0.315. The van der Waals surface area contributed by atoms with Gasteiger partial charge in [-0.3, -0.25) is 4.79 Å². The van der Waals surface area contributed by atoms with Crippen LogP contribution in [0.3, 0.4) is 0 Å². The van der Waals surface area contributed by atoms with Crippen LogP contribution in [0, 0.1) is 12.0 Å².